The topological polar surface area (TPSA) is 85.9 Å². The van der Waals surface area contributed by atoms with Crippen molar-refractivity contribution < 1.29 is 32.6 Å². The SMILES string of the molecule is COc1cc(NC(=O)CC(=O)Nc2c(F)cccc2F)cc(OC)c1OC. The molecule has 0 atom stereocenters. The molecule has 7 nitrogen and oxygen atoms in total. The molecule has 0 aliphatic heterocycles. The van der Waals surface area contributed by atoms with Crippen LogP contribution in [-0.4, -0.2) is 33.1 Å². The summed E-state index contributed by atoms with van der Waals surface area (Å²) in [4.78, 5) is 24.0. The van der Waals surface area contributed by atoms with Crippen molar-refractivity contribution in [3.63, 3.8) is 0 Å². The average Bonchev–Trinajstić information content (AvgIpc) is 2.63. The fourth-order valence-corrected chi connectivity index (χ4v) is 2.31. The zero-order chi connectivity index (χ0) is 20.0. The molecule has 2 amide bonds. The van der Waals surface area contributed by atoms with Crippen LogP contribution in [0.3, 0.4) is 0 Å². The van der Waals surface area contributed by atoms with Crippen LogP contribution in [-0.2, 0) is 9.59 Å². The highest BCUT2D eigenvalue weighted by Gasteiger charge is 2.17. The second kappa shape index (κ2) is 8.84. The van der Waals surface area contributed by atoms with Crippen molar-refractivity contribution in [3.8, 4) is 17.2 Å². The molecular weight excluding hydrogens is 362 g/mol. The monoisotopic (exact) mass is 380 g/mol. The maximum atomic E-state index is 13.5. The van der Waals surface area contributed by atoms with Crippen LogP contribution in [0, 0.1) is 11.6 Å². The summed E-state index contributed by atoms with van der Waals surface area (Å²) in [5.74, 6) is -2.48. The van der Waals surface area contributed by atoms with Crippen molar-refractivity contribution in [3.05, 3.63) is 42.0 Å². The molecule has 2 aromatic rings. The Morgan fingerprint density at radius 3 is 1.89 bits per heavy atom. The lowest BCUT2D eigenvalue weighted by Crippen LogP contribution is -2.22. The van der Waals surface area contributed by atoms with Gasteiger partial charge in [-0.2, -0.15) is 0 Å². The van der Waals surface area contributed by atoms with Crippen LogP contribution in [0.25, 0.3) is 0 Å². The Kier molecular flexibility index (Phi) is 6.53. The number of para-hydroxylation sites is 1. The minimum absolute atomic E-state index is 0.291. The summed E-state index contributed by atoms with van der Waals surface area (Å²) in [6.45, 7) is 0. The first kappa shape index (κ1) is 20.0. The van der Waals surface area contributed by atoms with Crippen molar-refractivity contribution in [2.24, 2.45) is 0 Å². The van der Waals surface area contributed by atoms with E-state index in [9.17, 15) is 18.4 Å². The molecule has 0 radical (unpaired) electrons. The number of amides is 2. The number of ether oxygens (including phenoxy) is 3. The van der Waals surface area contributed by atoms with Crippen molar-refractivity contribution in [2.75, 3.05) is 32.0 Å². The van der Waals surface area contributed by atoms with Crippen LogP contribution in [0.1, 0.15) is 6.42 Å². The molecule has 0 saturated carbocycles. The standard InChI is InChI=1S/C18H18F2N2O5/c1-25-13-7-10(8-14(26-2)18(13)27-3)21-15(23)9-16(24)22-17-11(19)5-4-6-12(17)20/h4-8H,9H2,1-3H3,(H,21,23)(H,22,24). The van der Waals surface area contributed by atoms with Crippen LogP contribution in [0.2, 0.25) is 0 Å². The number of carbonyl (C=O) groups is 2. The van der Waals surface area contributed by atoms with E-state index < -0.39 is 35.6 Å². The number of benzene rings is 2. The Balaban J connectivity index is 2.08. The van der Waals surface area contributed by atoms with E-state index in [1.54, 1.807) is 0 Å². The molecule has 2 N–H and O–H groups in total. The highest BCUT2D eigenvalue weighted by molar-refractivity contribution is 6.08. The van der Waals surface area contributed by atoms with Crippen LogP contribution in [0.15, 0.2) is 30.3 Å². The lowest BCUT2D eigenvalue weighted by atomic mass is 10.2. The van der Waals surface area contributed by atoms with E-state index in [4.69, 9.17) is 14.2 Å². The zero-order valence-electron chi connectivity index (χ0n) is 14.9. The predicted octanol–water partition coefficient (Wildman–Crippen LogP) is 2.96. The van der Waals surface area contributed by atoms with Gasteiger partial charge in [0.1, 0.15) is 23.7 Å². The predicted molar refractivity (Wildman–Crippen MR) is 94.3 cm³/mol. The molecule has 0 aromatic heterocycles. The van der Waals surface area contributed by atoms with Crippen molar-refractivity contribution in [2.45, 2.75) is 6.42 Å². The summed E-state index contributed by atoms with van der Waals surface area (Å²) < 4.78 is 42.6. The number of hydrogen-bond donors (Lipinski definition) is 2. The third-order valence-corrected chi connectivity index (χ3v) is 3.50. The third-order valence-electron chi connectivity index (χ3n) is 3.50. The van der Waals surface area contributed by atoms with E-state index >= 15 is 0 Å². The van der Waals surface area contributed by atoms with Gasteiger partial charge in [0, 0.05) is 17.8 Å². The van der Waals surface area contributed by atoms with Gasteiger partial charge in [-0.25, -0.2) is 8.78 Å². The fraction of sp³-hybridized carbons (Fsp3) is 0.222. The Bertz CT molecular complexity index is 812. The zero-order valence-corrected chi connectivity index (χ0v) is 14.9. The number of anilines is 2. The molecule has 0 heterocycles. The summed E-state index contributed by atoms with van der Waals surface area (Å²) in [6, 6.07) is 6.11. The molecule has 144 valence electrons. The molecule has 2 aromatic carbocycles. The van der Waals surface area contributed by atoms with Crippen LogP contribution < -0.4 is 24.8 Å². The molecule has 0 bridgehead atoms. The molecule has 27 heavy (non-hydrogen) atoms. The first-order chi connectivity index (χ1) is 12.9. The average molecular weight is 380 g/mol. The maximum Gasteiger partial charge on any atom is 0.233 e. The summed E-state index contributed by atoms with van der Waals surface area (Å²) in [5, 5.41) is 4.53. The first-order valence-corrected chi connectivity index (χ1v) is 7.73. The summed E-state index contributed by atoms with van der Waals surface area (Å²) >= 11 is 0. The second-order valence-electron chi connectivity index (χ2n) is 5.28. The van der Waals surface area contributed by atoms with E-state index in [1.807, 2.05) is 5.32 Å². The number of rotatable bonds is 7. The van der Waals surface area contributed by atoms with Crippen molar-refractivity contribution in [1.29, 1.82) is 0 Å². The molecule has 0 aliphatic rings. The normalized spacial score (nSPS) is 10.1. The van der Waals surface area contributed by atoms with E-state index in [2.05, 4.69) is 5.32 Å². The van der Waals surface area contributed by atoms with E-state index in [-0.39, 0.29) is 0 Å². The smallest absolute Gasteiger partial charge is 0.233 e. The minimum atomic E-state index is -0.937. The Hall–Kier alpha value is -3.36. The Morgan fingerprint density at radius 2 is 1.41 bits per heavy atom. The molecule has 0 unspecified atom stereocenters. The van der Waals surface area contributed by atoms with Gasteiger partial charge in [-0.05, 0) is 12.1 Å². The molecule has 0 aliphatic carbocycles. The van der Waals surface area contributed by atoms with Gasteiger partial charge in [0.15, 0.2) is 11.5 Å². The molecule has 0 saturated heterocycles. The van der Waals surface area contributed by atoms with E-state index in [0.717, 1.165) is 18.2 Å². The minimum Gasteiger partial charge on any atom is -0.493 e. The van der Waals surface area contributed by atoms with Gasteiger partial charge in [-0.1, -0.05) is 6.07 Å². The van der Waals surface area contributed by atoms with Gasteiger partial charge in [0.2, 0.25) is 17.6 Å². The first-order valence-electron chi connectivity index (χ1n) is 7.73. The van der Waals surface area contributed by atoms with Crippen LogP contribution in [0.4, 0.5) is 20.2 Å². The number of nitrogens with one attached hydrogen (secondary N) is 2. The van der Waals surface area contributed by atoms with Gasteiger partial charge < -0.3 is 24.8 Å². The van der Waals surface area contributed by atoms with Gasteiger partial charge in [-0.15, -0.1) is 0 Å². The largest absolute Gasteiger partial charge is 0.493 e. The van der Waals surface area contributed by atoms with Gasteiger partial charge in [0.25, 0.3) is 0 Å². The van der Waals surface area contributed by atoms with Gasteiger partial charge in [-0.3, -0.25) is 9.59 Å². The van der Waals surface area contributed by atoms with Gasteiger partial charge >= 0.3 is 0 Å². The third kappa shape index (κ3) is 4.84. The highest BCUT2D eigenvalue weighted by Crippen LogP contribution is 2.39. The Labute approximate surface area is 154 Å². The Morgan fingerprint density at radius 1 is 0.889 bits per heavy atom. The number of halogens is 2. The summed E-state index contributed by atoms with van der Waals surface area (Å²) in [7, 11) is 4.27. The van der Waals surface area contributed by atoms with Crippen molar-refractivity contribution >= 4 is 23.2 Å². The van der Waals surface area contributed by atoms with Gasteiger partial charge in [0.05, 0.1) is 21.3 Å². The number of carbonyl (C=O) groups excluding carboxylic acids is 2. The fourth-order valence-electron chi connectivity index (χ4n) is 2.31. The molecule has 9 heteroatoms. The summed E-state index contributed by atoms with van der Waals surface area (Å²) in [6.07, 6.45) is -0.648. The van der Waals surface area contributed by atoms with E-state index in [0.29, 0.717) is 22.9 Å². The number of methoxy groups -OCH3 is 3. The summed E-state index contributed by atoms with van der Waals surface area (Å²) in [5.41, 5.74) is -0.317. The molecule has 0 spiro atoms. The van der Waals surface area contributed by atoms with Crippen LogP contribution >= 0.6 is 0 Å². The quantitative estimate of drug-likeness (QED) is 0.722. The molecule has 0 fully saturated rings. The molecule has 2 rings (SSSR count). The maximum absolute atomic E-state index is 13.5. The number of hydrogen-bond acceptors (Lipinski definition) is 5. The van der Waals surface area contributed by atoms with Crippen LogP contribution in [0.5, 0.6) is 17.2 Å². The molecular formula is C18H18F2N2O5. The van der Waals surface area contributed by atoms with E-state index in [1.165, 1.54) is 33.5 Å². The highest BCUT2D eigenvalue weighted by atomic mass is 19.1. The lowest BCUT2D eigenvalue weighted by Gasteiger charge is -2.14. The lowest BCUT2D eigenvalue weighted by molar-refractivity contribution is -0.123. The second-order valence-corrected chi connectivity index (χ2v) is 5.28. The van der Waals surface area contributed by atoms with Crippen molar-refractivity contribution in [1.82, 2.24) is 0 Å².